The zero-order chi connectivity index (χ0) is 29.0. The van der Waals surface area contributed by atoms with Crippen molar-refractivity contribution >= 4 is 21.8 Å². The molecule has 5 heteroatoms. The summed E-state index contributed by atoms with van der Waals surface area (Å²) >= 11 is 0. The molecule has 0 aliphatic rings. The summed E-state index contributed by atoms with van der Waals surface area (Å²) in [6.45, 7) is 0. The summed E-state index contributed by atoms with van der Waals surface area (Å²) in [5.41, 5.74) is 8.04. The minimum Gasteiger partial charge on any atom is -0.343 e. The molecule has 7 aromatic rings. The molecule has 42 heavy (non-hydrogen) atoms. The fourth-order valence-corrected chi connectivity index (χ4v) is 6.05. The van der Waals surface area contributed by atoms with E-state index in [1.54, 1.807) is 48.5 Å². The monoisotopic (exact) mass is 557 g/mol. The van der Waals surface area contributed by atoms with Crippen molar-refractivity contribution in [3.05, 3.63) is 145 Å². The predicted octanol–water partition coefficient (Wildman–Crippen LogP) is 10.6. The number of halogens is 4. The molecule has 204 valence electrons. The van der Waals surface area contributed by atoms with Crippen molar-refractivity contribution in [3.8, 4) is 44.5 Å². The van der Waals surface area contributed by atoms with Crippen molar-refractivity contribution in [2.45, 2.75) is 0 Å². The van der Waals surface area contributed by atoms with E-state index in [0.29, 0.717) is 0 Å². The maximum absolute atomic E-state index is 14.3. The van der Waals surface area contributed by atoms with Crippen molar-refractivity contribution in [1.29, 1.82) is 0 Å². The van der Waals surface area contributed by atoms with Crippen LogP contribution >= 0.6 is 0 Å². The highest BCUT2D eigenvalue weighted by Gasteiger charge is 2.27. The van der Waals surface area contributed by atoms with Crippen LogP contribution in [0.15, 0.2) is 121 Å². The topological polar surface area (TPSA) is 4.93 Å². The largest absolute Gasteiger partial charge is 0.343 e. The number of para-hydroxylation sites is 1. The van der Waals surface area contributed by atoms with Gasteiger partial charge >= 0.3 is 0 Å². The van der Waals surface area contributed by atoms with Gasteiger partial charge in [0.15, 0.2) is 0 Å². The molecule has 0 saturated carbocycles. The van der Waals surface area contributed by atoms with Crippen LogP contribution in [0.5, 0.6) is 0 Å². The van der Waals surface area contributed by atoms with Crippen LogP contribution in [0.25, 0.3) is 66.3 Å². The van der Waals surface area contributed by atoms with Crippen molar-refractivity contribution in [2.24, 2.45) is 7.05 Å². The Morgan fingerprint density at radius 1 is 0.405 bits per heavy atom. The normalized spacial score (nSPS) is 11.5. The maximum Gasteiger partial charge on any atom is 0.123 e. The molecule has 0 spiro atoms. The standard InChI is InChI=1S/C37H23F4N/c1-42-31-5-3-2-4-30(31)36-34(24-10-18-28(40)19-11-24)32(22-6-14-26(38)15-7-22)33(23-8-16-27(39)17-9-23)35(37(36)42)25-12-20-29(41)21-13-25/h2-21H,1H3. The molecule has 0 N–H and O–H groups in total. The third-order valence-corrected chi connectivity index (χ3v) is 7.88. The molecule has 0 saturated heterocycles. The summed E-state index contributed by atoms with van der Waals surface area (Å²) in [7, 11) is 1.98. The van der Waals surface area contributed by atoms with Gasteiger partial charge in [0, 0.05) is 40.0 Å². The second-order valence-corrected chi connectivity index (χ2v) is 10.3. The van der Waals surface area contributed by atoms with Crippen LogP contribution in [0.3, 0.4) is 0 Å². The minimum absolute atomic E-state index is 0.363. The summed E-state index contributed by atoms with van der Waals surface area (Å²) in [6.07, 6.45) is 0. The third kappa shape index (κ3) is 4.17. The van der Waals surface area contributed by atoms with Crippen molar-refractivity contribution < 1.29 is 17.6 Å². The molecular formula is C37H23F4N. The molecule has 0 aliphatic carbocycles. The summed E-state index contributed by atoms with van der Waals surface area (Å²) < 4.78 is 59.1. The first kappa shape index (κ1) is 25.8. The molecule has 0 fully saturated rings. The number of nitrogens with zero attached hydrogens (tertiary/aromatic N) is 1. The van der Waals surface area contributed by atoms with E-state index in [-0.39, 0.29) is 23.3 Å². The Labute approximate surface area is 239 Å². The summed E-state index contributed by atoms with van der Waals surface area (Å²) in [4.78, 5) is 0. The lowest BCUT2D eigenvalue weighted by Gasteiger charge is -2.23. The van der Waals surface area contributed by atoms with Crippen molar-refractivity contribution in [1.82, 2.24) is 4.57 Å². The van der Waals surface area contributed by atoms with Gasteiger partial charge in [-0.05, 0) is 82.4 Å². The van der Waals surface area contributed by atoms with Crippen LogP contribution < -0.4 is 0 Å². The number of aryl methyl sites for hydroxylation is 1. The van der Waals surface area contributed by atoms with Gasteiger partial charge in [-0.15, -0.1) is 0 Å². The number of benzene rings is 6. The highest BCUT2D eigenvalue weighted by Crippen LogP contribution is 2.53. The van der Waals surface area contributed by atoms with Gasteiger partial charge in [-0.2, -0.15) is 0 Å². The summed E-state index contributed by atoms with van der Waals surface area (Å²) in [5, 5.41) is 1.90. The summed E-state index contributed by atoms with van der Waals surface area (Å²) in [5.74, 6) is -1.49. The third-order valence-electron chi connectivity index (χ3n) is 7.88. The minimum atomic E-state index is -0.380. The lowest BCUT2D eigenvalue weighted by atomic mass is 9.80. The molecular weight excluding hydrogens is 534 g/mol. The van der Waals surface area contributed by atoms with Gasteiger partial charge in [0.1, 0.15) is 23.3 Å². The Hall–Kier alpha value is -5.16. The Morgan fingerprint density at radius 2 is 0.762 bits per heavy atom. The SMILES string of the molecule is Cn1c2ccccc2c2c(-c3ccc(F)cc3)c(-c3ccc(F)cc3)c(-c3ccc(F)cc3)c(-c3ccc(F)cc3)c21. The molecule has 1 aromatic heterocycles. The first-order chi connectivity index (χ1) is 20.4. The Balaban J connectivity index is 1.81. The summed E-state index contributed by atoms with van der Waals surface area (Å²) in [6, 6.07) is 33.2. The maximum atomic E-state index is 14.3. The van der Waals surface area contributed by atoms with Gasteiger partial charge < -0.3 is 4.57 Å². The molecule has 1 heterocycles. The van der Waals surface area contributed by atoms with Crippen LogP contribution in [0, 0.1) is 23.3 Å². The van der Waals surface area contributed by atoms with Gasteiger partial charge in [-0.1, -0.05) is 66.7 Å². The average molecular weight is 558 g/mol. The van der Waals surface area contributed by atoms with Crippen LogP contribution in [-0.2, 0) is 7.05 Å². The van der Waals surface area contributed by atoms with Crippen LogP contribution in [-0.4, -0.2) is 4.57 Å². The lowest BCUT2D eigenvalue weighted by molar-refractivity contribution is 0.627. The number of hydrogen-bond donors (Lipinski definition) is 0. The van der Waals surface area contributed by atoms with E-state index in [2.05, 4.69) is 4.57 Å². The van der Waals surface area contributed by atoms with Crippen LogP contribution in [0.1, 0.15) is 0 Å². The van der Waals surface area contributed by atoms with Crippen LogP contribution in [0.2, 0.25) is 0 Å². The lowest BCUT2D eigenvalue weighted by Crippen LogP contribution is -1.99. The van der Waals surface area contributed by atoms with E-state index >= 15 is 0 Å². The highest BCUT2D eigenvalue weighted by atomic mass is 19.1. The van der Waals surface area contributed by atoms with Gasteiger partial charge in [0.25, 0.3) is 0 Å². The van der Waals surface area contributed by atoms with Crippen molar-refractivity contribution in [3.63, 3.8) is 0 Å². The quantitative estimate of drug-likeness (QED) is 0.190. The van der Waals surface area contributed by atoms with E-state index in [1.165, 1.54) is 48.5 Å². The predicted molar refractivity (Wildman–Crippen MR) is 162 cm³/mol. The van der Waals surface area contributed by atoms with E-state index in [0.717, 1.165) is 66.3 Å². The van der Waals surface area contributed by atoms with E-state index in [9.17, 15) is 17.6 Å². The van der Waals surface area contributed by atoms with Crippen LogP contribution in [0.4, 0.5) is 17.6 Å². The van der Waals surface area contributed by atoms with E-state index in [1.807, 2.05) is 31.3 Å². The molecule has 1 nitrogen and oxygen atoms in total. The van der Waals surface area contributed by atoms with Gasteiger partial charge in [0.2, 0.25) is 0 Å². The molecule has 0 unspecified atom stereocenters. The first-order valence-electron chi connectivity index (χ1n) is 13.5. The Bertz CT molecular complexity index is 2090. The Morgan fingerprint density at radius 3 is 1.21 bits per heavy atom. The van der Waals surface area contributed by atoms with Gasteiger partial charge in [0.05, 0.1) is 5.52 Å². The first-order valence-corrected chi connectivity index (χ1v) is 13.5. The number of aromatic nitrogens is 1. The van der Waals surface area contributed by atoms with Crippen molar-refractivity contribution in [2.75, 3.05) is 0 Å². The second kappa shape index (κ2) is 10.0. The fraction of sp³-hybridized carbons (Fsp3) is 0.0270. The number of hydrogen-bond acceptors (Lipinski definition) is 0. The molecule has 6 aromatic carbocycles. The molecule has 0 amide bonds. The number of fused-ring (bicyclic) bond motifs is 3. The average Bonchev–Trinajstić information content (AvgIpc) is 3.30. The number of rotatable bonds is 4. The molecule has 0 radical (unpaired) electrons. The van der Waals surface area contributed by atoms with E-state index < -0.39 is 0 Å². The second-order valence-electron chi connectivity index (χ2n) is 10.3. The molecule has 0 atom stereocenters. The smallest absolute Gasteiger partial charge is 0.123 e. The van der Waals surface area contributed by atoms with E-state index in [4.69, 9.17) is 0 Å². The zero-order valence-electron chi connectivity index (χ0n) is 22.5. The molecule has 0 bridgehead atoms. The fourth-order valence-electron chi connectivity index (χ4n) is 6.05. The molecule has 7 rings (SSSR count). The highest BCUT2D eigenvalue weighted by molar-refractivity contribution is 6.25. The van der Waals surface area contributed by atoms with Gasteiger partial charge in [-0.25, -0.2) is 17.6 Å². The molecule has 0 aliphatic heterocycles. The van der Waals surface area contributed by atoms with Gasteiger partial charge in [-0.3, -0.25) is 0 Å². The Kier molecular flexibility index (Phi) is 6.16. The zero-order valence-corrected chi connectivity index (χ0v) is 22.5.